The van der Waals surface area contributed by atoms with Crippen LogP contribution in [0.15, 0.2) is 60.7 Å². The molecule has 0 saturated heterocycles. The lowest BCUT2D eigenvalue weighted by molar-refractivity contribution is 0.0706. The number of amides is 1. The fourth-order valence-electron chi connectivity index (χ4n) is 5.08. The van der Waals surface area contributed by atoms with Gasteiger partial charge in [-0.1, -0.05) is 57.7 Å². The molecule has 1 atom stereocenters. The quantitative estimate of drug-likeness (QED) is 0.212. The fourth-order valence-corrected chi connectivity index (χ4v) is 5.08. The highest BCUT2D eigenvalue weighted by Gasteiger charge is 2.40. The third-order valence-electron chi connectivity index (χ3n) is 7.67. The summed E-state index contributed by atoms with van der Waals surface area (Å²) in [5.74, 6) is 6.14. The maximum Gasteiger partial charge on any atom is 0.274 e. The van der Waals surface area contributed by atoms with Crippen molar-refractivity contribution in [2.75, 3.05) is 19.0 Å². The molecule has 0 fully saturated rings. The molecule has 0 bridgehead atoms. The van der Waals surface area contributed by atoms with Crippen LogP contribution in [0, 0.1) is 11.8 Å². The number of hydrogen-bond acceptors (Lipinski definition) is 5. The van der Waals surface area contributed by atoms with E-state index in [1.807, 2.05) is 20.2 Å². The first-order chi connectivity index (χ1) is 18.4. The molecule has 1 unspecified atom stereocenters. The molecular weight excluding hydrogens is 488 g/mol. The van der Waals surface area contributed by atoms with Crippen molar-refractivity contribution < 1.29 is 19.8 Å². The van der Waals surface area contributed by atoms with Gasteiger partial charge in [0.15, 0.2) is 0 Å². The largest absolute Gasteiger partial charge is 0.489 e. The highest BCUT2D eigenvalue weighted by atomic mass is 16.5. The molecule has 0 heterocycles. The van der Waals surface area contributed by atoms with Crippen molar-refractivity contribution in [3.05, 3.63) is 94.0 Å². The monoisotopic (exact) mass is 526 g/mol. The predicted octanol–water partition coefficient (Wildman–Crippen LogP) is 5.88. The van der Waals surface area contributed by atoms with Gasteiger partial charge in [0.1, 0.15) is 18.5 Å². The molecule has 1 amide bonds. The summed E-state index contributed by atoms with van der Waals surface area (Å²) in [7, 11) is 4.04. The molecule has 0 aromatic heterocycles. The van der Waals surface area contributed by atoms with Crippen molar-refractivity contribution >= 4 is 11.6 Å². The van der Waals surface area contributed by atoms with Gasteiger partial charge in [0.2, 0.25) is 0 Å². The summed E-state index contributed by atoms with van der Waals surface area (Å²) in [6.45, 7) is 9.44. The lowest BCUT2D eigenvalue weighted by Gasteiger charge is -2.43. The molecule has 204 valence electrons. The number of carbonyl (C=O) groups excluding carboxylic acids is 1. The molecule has 3 N–H and O–H groups in total. The van der Waals surface area contributed by atoms with Gasteiger partial charge in [-0.2, -0.15) is 0 Å². The van der Waals surface area contributed by atoms with E-state index in [2.05, 4.69) is 74.8 Å². The van der Waals surface area contributed by atoms with Crippen molar-refractivity contribution in [1.82, 2.24) is 5.48 Å². The number of hydroxylamine groups is 1. The van der Waals surface area contributed by atoms with Crippen molar-refractivity contribution in [3.63, 3.8) is 0 Å². The zero-order chi connectivity index (χ0) is 28.4. The number of aliphatic hydroxyl groups excluding tert-OH is 1. The molecule has 0 spiro atoms. The second-order valence-corrected chi connectivity index (χ2v) is 11.7. The summed E-state index contributed by atoms with van der Waals surface area (Å²) in [4.78, 5) is 13.6. The van der Waals surface area contributed by atoms with Gasteiger partial charge in [0.05, 0.1) is 0 Å². The van der Waals surface area contributed by atoms with E-state index in [9.17, 15) is 9.90 Å². The highest BCUT2D eigenvalue weighted by Crippen LogP contribution is 2.50. The van der Waals surface area contributed by atoms with Crippen LogP contribution >= 0.6 is 0 Å². The summed E-state index contributed by atoms with van der Waals surface area (Å²) in [5, 5.41) is 19.9. The summed E-state index contributed by atoms with van der Waals surface area (Å²) in [6, 6.07) is 18.8. The molecule has 3 aromatic rings. The molecule has 1 aliphatic rings. The van der Waals surface area contributed by atoms with Crippen LogP contribution in [0.3, 0.4) is 0 Å². The molecule has 1 aliphatic carbocycles. The Kier molecular flexibility index (Phi) is 8.06. The molecular formula is C33H38N2O4. The zero-order valence-electron chi connectivity index (χ0n) is 23.6. The van der Waals surface area contributed by atoms with E-state index in [0.717, 1.165) is 29.8 Å². The van der Waals surface area contributed by atoms with Crippen LogP contribution < -0.4 is 15.1 Å². The first-order valence-electron chi connectivity index (χ1n) is 13.2. The third kappa shape index (κ3) is 6.27. The van der Waals surface area contributed by atoms with Crippen molar-refractivity contribution in [2.45, 2.75) is 64.1 Å². The number of hydrogen-bond donors (Lipinski definition) is 3. The zero-order valence-corrected chi connectivity index (χ0v) is 23.6. The Labute approximate surface area is 231 Å². The predicted molar refractivity (Wildman–Crippen MR) is 154 cm³/mol. The first-order valence-corrected chi connectivity index (χ1v) is 13.2. The second-order valence-electron chi connectivity index (χ2n) is 11.7. The average Bonchev–Trinajstić information content (AvgIpc) is 2.92. The van der Waals surface area contributed by atoms with Gasteiger partial charge in [-0.3, -0.25) is 10.0 Å². The van der Waals surface area contributed by atoms with E-state index in [1.165, 1.54) is 11.1 Å². The first kappa shape index (κ1) is 28.2. The fraction of sp³-hybridized carbons (Fsp3) is 0.364. The molecule has 0 saturated carbocycles. The summed E-state index contributed by atoms with van der Waals surface area (Å²) in [6.07, 6.45) is 1.07. The second kappa shape index (κ2) is 11.1. The van der Waals surface area contributed by atoms with Crippen LogP contribution in [0.5, 0.6) is 5.75 Å². The number of rotatable bonds is 6. The van der Waals surface area contributed by atoms with Gasteiger partial charge in [0.25, 0.3) is 5.91 Å². The van der Waals surface area contributed by atoms with E-state index >= 15 is 0 Å². The smallest absolute Gasteiger partial charge is 0.274 e. The van der Waals surface area contributed by atoms with Gasteiger partial charge in [0, 0.05) is 36.5 Å². The summed E-state index contributed by atoms with van der Waals surface area (Å²) >= 11 is 0. The molecule has 6 heteroatoms. The van der Waals surface area contributed by atoms with E-state index in [-0.39, 0.29) is 10.8 Å². The number of benzene rings is 3. The van der Waals surface area contributed by atoms with Crippen LogP contribution in [-0.4, -0.2) is 30.3 Å². The Morgan fingerprint density at radius 3 is 2.26 bits per heavy atom. The Morgan fingerprint density at radius 1 is 1.00 bits per heavy atom. The van der Waals surface area contributed by atoms with E-state index in [0.29, 0.717) is 23.3 Å². The minimum Gasteiger partial charge on any atom is -0.489 e. The van der Waals surface area contributed by atoms with Crippen molar-refractivity contribution in [2.24, 2.45) is 0 Å². The summed E-state index contributed by atoms with van der Waals surface area (Å²) < 4.78 is 6.49. The standard InChI is InChI=1S/C33H38N2O4/c1-32(2)17-18-33(3,4)30-27(32)19-25(20-29(30)39-21-23-9-14-26(15-10-23)35(5)6)28(36)16-11-22-7-12-24(13-8-22)31(37)34-38/h7-10,12-15,19-20,28,36,38H,17-18,21H2,1-6H3,(H,34,37). The van der Waals surface area contributed by atoms with Crippen LogP contribution in [0.4, 0.5) is 5.69 Å². The maximum absolute atomic E-state index is 11.6. The van der Waals surface area contributed by atoms with Crippen LogP contribution in [0.1, 0.15) is 84.8 Å². The van der Waals surface area contributed by atoms with Crippen molar-refractivity contribution in [3.8, 4) is 17.6 Å². The number of fused-ring (bicyclic) bond motifs is 1. The maximum atomic E-state index is 11.6. The number of nitrogens with one attached hydrogen (secondary N) is 1. The lowest BCUT2D eigenvalue weighted by Crippen LogP contribution is -2.34. The number of nitrogens with zero attached hydrogens (tertiary/aromatic N) is 1. The Bertz CT molecular complexity index is 1390. The van der Waals surface area contributed by atoms with Gasteiger partial charge < -0.3 is 14.7 Å². The normalized spacial score (nSPS) is 15.8. The minimum atomic E-state index is -1.02. The number of carbonyl (C=O) groups is 1. The van der Waals surface area contributed by atoms with Crippen LogP contribution in [0.2, 0.25) is 0 Å². The van der Waals surface area contributed by atoms with Crippen LogP contribution in [-0.2, 0) is 17.4 Å². The number of aliphatic hydroxyl groups is 1. The van der Waals surface area contributed by atoms with Gasteiger partial charge >= 0.3 is 0 Å². The molecule has 0 radical (unpaired) electrons. The Morgan fingerprint density at radius 2 is 1.64 bits per heavy atom. The third-order valence-corrected chi connectivity index (χ3v) is 7.67. The van der Waals surface area contributed by atoms with Gasteiger partial charge in [-0.15, -0.1) is 0 Å². The molecule has 6 nitrogen and oxygen atoms in total. The highest BCUT2D eigenvalue weighted by molar-refractivity contribution is 5.93. The molecule has 3 aromatic carbocycles. The number of anilines is 1. The van der Waals surface area contributed by atoms with E-state index in [4.69, 9.17) is 9.94 Å². The molecule has 4 rings (SSSR count). The molecule has 39 heavy (non-hydrogen) atoms. The van der Waals surface area contributed by atoms with E-state index < -0.39 is 12.0 Å². The minimum absolute atomic E-state index is 0.0628. The molecule has 0 aliphatic heterocycles. The van der Waals surface area contributed by atoms with Crippen molar-refractivity contribution in [1.29, 1.82) is 0 Å². The Hall–Kier alpha value is -3.79. The SMILES string of the molecule is CN(C)c1ccc(COc2cc(C(O)C#Cc3ccc(C(=O)NO)cc3)cc3c2C(C)(C)CCC3(C)C)cc1. The van der Waals surface area contributed by atoms with Crippen LogP contribution in [0.25, 0.3) is 0 Å². The topological polar surface area (TPSA) is 82.0 Å². The summed E-state index contributed by atoms with van der Waals surface area (Å²) in [5.41, 5.74) is 7.75. The average molecular weight is 527 g/mol. The number of ether oxygens (including phenoxy) is 1. The van der Waals surface area contributed by atoms with Gasteiger partial charge in [-0.25, -0.2) is 5.48 Å². The van der Waals surface area contributed by atoms with Gasteiger partial charge in [-0.05, 0) is 82.8 Å². The lowest BCUT2D eigenvalue weighted by atomic mass is 9.62. The van der Waals surface area contributed by atoms with E-state index in [1.54, 1.807) is 29.7 Å². The Balaban J connectivity index is 1.67.